The maximum absolute atomic E-state index is 13.9. The van der Waals surface area contributed by atoms with Gasteiger partial charge in [-0.1, -0.05) is 42.1 Å². The number of nitrogens with one attached hydrogen (secondary N) is 1. The fourth-order valence-corrected chi connectivity index (χ4v) is 6.35. The fourth-order valence-electron chi connectivity index (χ4n) is 3.99. The molecule has 2 aliphatic heterocycles. The van der Waals surface area contributed by atoms with Gasteiger partial charge in [0.2, 0.25) is 0 Å². The van der Waals surface area contributed by atoms with Crippen molar-refractivity contribution in [1.82, 2.24) is 4.90 Å². The normalized spacial score (nSPS) is 18.1. The molecule has 0 spiro atoms. The number of fused-ring (bicyclic) bond motifs is 1. The first-order valence-corrected chi connectivity index (χ1v) is 13.0. The summed E-state index contributed by atoms with van der Waals surface area (Å²) < 4.78 is 13.9. The van der Waals surface area contributed by atoms with Crippen LogP contribution >= 0.6 is 23.5 Å². The number of carbonyl (C=O) groups is 1. The van der Waals surface area contributed by atoms with E-state index in [0.29, 0.717) is 34.4 Å². The molecule has 180 valence electrons. The second-order valence-electron chi connectivity index (χ2n) is 8.15. The summed E-state index contributed by atoms with van der Waals surface area (Å²) in [5.41, 5.74) is 3.69. The van der Waals surface area contributed by atoms with Crippen molar-refractivity contribution >= 4 is 51.7 Å². The van der Waals surface area contributed by atoms with Crippen LogP contribution in [0, 0.1) is 17.1 Å². The molecule has 0 saturated carbocycles. The largest absolute Gasteiger partial charge is 0.384 e. The van der Waals surface area contributed by atoms with Gasteiger partial charge in [-0.25, -0.2) is 9.38 Å². The molecule has 1 saturated heterocycles. The van der Waals surface area contributed by atoms with Crippen molar-refractivity contribution in [3.63, 3.8) is 0 Å². The lowest BCUT2D eigenvalue weighted by Crippen LogP contribution is -2.29. The number of hydrogen-bond acceptors (Lipinski definition) is 7. The molecule has 3 aromatic carbocycles. The summed E-state index contributed by atoms with van der Waals surface area (Å²) in [4.78, 5) is 23.5. The summed E-state index contributed by atoms with van der Waals surface area (Å²) in [6.45, 7) is 3.03. The molecule has 0 aromatic heterocycles. The van der Waals surface area contributed by atoms with Gasteiger partial charge in [-0.3, -0.25) is 9.69 Å². The Kier molecular flexibility index (Phi) is 6.72. The number of aliphatic imine (C=N–C) groups is 1. The number of halogens is 1. The van der Waals surface area contributed by atoms with E-state index in [2.05, 4.69) is 11.4 Å². The summed E-state index contributed by atoms with van der Waals surface area (Å²) in [5, 5.41) is 14.0. The molecule has 1 amide bonds. The van der Waals surface area contributed by atoms with Crippen molar-refractivity contribution in [2.75, 3.05) is 23.8 Å². The van der Waals surface area contributed by atoms with Crippen LogP contribution in [0.5, 0.6) is 0 Å². The van der Waals surface area contributed by atoms with E-state index in [0.717, 1.165) is 26.9 Å². The van der Waals surface area contributed by atoms with Gasteiger partial charge in [-0.15, -0.1) is 0 Å². The second kappa shape index (κ2) is 10.1. The Hall–Kier alpha value is -3.74. The van der Waals surface area contributed by atoms with Crippen LogP contribution in [-0.2, 0) is 11.3 Å². The van der Waals surface area contributed by atoms with Crippen molar-refractivity contribution in [2.45, 2.75) is 18.4 Å². The summed E-state index contributed by atoms with van der Waals surface area (Å²) in [5.74, 6) is -0.473. The maximum Gasteiger partial charge on any atom is 0.269 e. The molecule has 5 rings (SSSR count). The Bertz CT molecular complexity index is 1450. The SMILES string of the molecule is CCNc1ccc(C#N)cc1/N=C1\S/C(=C2\Sc3cc(F)ccc3N2C)C(=O)N1Cc1ccccc1. The summed E-state index contributed by atoms with van der Waals surface area (Å²) in [6.07, 6.45) is 0. The first-order chi connectivity index (χ1) is 17.5. The van der Waals surface area contributed by atoms with Crippen LogP contribution < -0.4 is 10.2 Å². The van der Waals surface area contributed by atoms with E-state index >= 15 is 0 Å². The molecule has 1 N–H and O–H groups in total. The number of amides is 1. The van der Waals surface area contributed by atoms with Crippen molar-refractivity contribution in [3.8, 4) is 6.07 Å². The van der Waals surface area contributed by atoms with Crippen LogP contribution in [-0.4, -0.2) is 29.6 Å². The third-order valence-corrected chi connectivity index (χ3v) is 8.16. The molecule has 1 fully saturated rings. The average Bonchev–Trinajstić information content (AvgIpc) is 3.36. The van der Waals surface area contributed by atoms with Gasteiger partial charge in [0.05, 0.1) is 40.3 Å². The number of carbonyl (C=O) groups excluding carboxylic acids is 1. The van der Waals surface area contributed by atoms with E-state index in [1.807, 2.05) is 55.3 Å². The first kappa shape index (κ1) is 24.0. The van der Waals surface area contributed by atoms with Gasteiger partial charge in [0.15, 0.2) is 5.17 Å². The van der Waals surface area contributed by atoms with E-state index in [9.17, 15) is 14.4 Å². The number of amidine groups is 1. The molecule has 0 aliphatic carbocycles. The number of nitrogens with zero attached hydrogens (tertiary/aromatic N) is 4. The maximum atomic E-state index is 13.9. The molecule has 0 atom stereocenters. The van der Waals surface area contributed by atoms with E-state index in [-0.39, 0.29) is 11.7 Å². The molecule has 3 aromatic rings. The topological polar surface area (TPSA) is 71.7 Å². The Morgan fingerprint density at radius 1 is 1.08 bits per heavy atom. The second-order valence-corrected chi connectivity index (χ2v) is 10.2. The van der Waals surface area contributed by atoms with E-state index in [4.69, 9.17) is 4.99 Å². The molecule has 9 heteroatoms. The van der Waals surface area contributed by atoms with Gasteiger partial charge >= 0.3 is 0 Å². The van der Waals surface area contributed by atoms with E-state index in [1.165, 1.54) is 35.7 Å². The molecule has 0 radical (unpaired) electrons. The van der Waals surface area contributed by atoms with E-state index < -0.39 is 0 Å². The van der Waals surface area contributed by atoms with Crippen molar-refractivity contribution in [3.05, 3.63) is 93.6 Å². The molecule has 6 nitrogen and oxygen atoms in total. The number of rotatable bonds is 5. The zero-order chi connectivity index (χ0) is 25.2. The quantitative estimate of drug-likeness (QED) is 0.402. The van der Waals surface area contributed by atoms with Crippen LogP contribution in [0.15, 0.2) is 86.6 Å². The zero-order valence-corrected chi connectivity index (χ0v) is 21.3. The third kappa shape index (κ3) is 4.57. The monoisotopic (exact) mass is 515 g/mol. The van der Waals surface area contributed by atoms with Crippen LogP contribution in [0.1, 0.15) is 18.1 Å². The number of nitriles is 1. The standard InChI is InChI=1S/C27H22FN5OS2/c1-3-30-20-11-9-18(15-29)13-21(20)31-27-33(16-17-7-5-4-6-8-17)25(34)24(36-27)26-32(2)22-12-10-19(28)14-23(22)35-26/h4-14,30H,3,16H2,1-2H3/b26-24-,31-27-. The molecule has 2 heterocycles. The highest BCUT2D eigenvalue weighted by atomic mass is 32.2. The number of anilines is 2. The minimum atomic E-state index is -0.312. The molecule has 0 bridgehead atoms. The number of benzene rings is 3. The predicted octanol–water partition coefficient (Wildman–Crippen LogP) is 6.30. The predicted molar refractivity (Wildman–Crippen MR) is 145 cm³/mol. The zero-order valence-electron chi connectivity index (χ0n) is 19.7. The Balaban J connectivity index is 1.59. The first-order valence-electron chi connectivity index (χ1n) is 11.3. The van der Waals surface area contributed by atoms with E-state index in [1.54, 1.807) is 23.1 Å². The Morgan fingerprint density at radius 3 is 2.64 bits per heavy atom. The van der Waals surface area contributed by atoms with Gasteiger partial charge in [0.25, 0.3) is 5.91 Å². The van der Waals surface area contributed by atoms with Crippen LogP contribution in [0.25, 0.3) is 0 Å². The minimum Gasteiger partial charge on any atom is -0.384 e. The fraction of sp³-hybridized carbons (Fsp3) is 0.148. The molecular formula is C27H22FN5OS2. The van der Waals surface area contributed by atoms with Gasteiger partial charge in [-0.05, 0) is 60.6 Å². The number of thioether (sulfide) groups is 2. The molecule has 0 unspecified atom stereocenters. The summed E-state index contributed by atoms with van der Waals surface area (Å²) in [6, 6.07) is 21.8. The van der Waals surface area contributed by atoms with Gasteiger partial charge in [0, 0.05) is 18.5 Å². The third-order valence-electron chi connectivity index (χ3n) is 5.75. The van der Waals surface area contributed by atoms with Gasteiger partial charge in [-0.2, -0.15) is 5.26 Å². The van der Waals surface area contributed by atoms with Crippen molar-refractivity contribution in [1.29, 1.82) is 5.26 Å². The number of hydrogen-bond donors (Lipinski definition) is 1. The highest BCUT2D eigenvalue weighted by Crippen LogP contribution is 2.50. The van der Waals surface area contributed by atoms with Crippen molar-refractivity contribution in [2.24, 2.45) is 4.99 Å². The van der Waals surface area contributed by atoms with Crippen LogP contribution in [0.2, 0.25) is 0 Å². The molecule has 2 aliphatic rings. The lowest BCUT2D eigenvalue weighted by atomic mass is 10.2. The summed E-state index contributed by atoms with van der Waals surface area (Å²) >= 11 is 2.68. The van der Waals surface area contributed by atoms with Gasteiger partial charge in [0.1, 0.15) is 10.7 Å². The smallest absolute Gasteiger partial charge is 0.269 e. The highest BCUT2D eigenvalue weighted by Gasteiger charge is 2.39. The Morgan fingerprint density at radius 2 is 1.89 bits per heavy atom. The minimum absolute atomic E-state index is 0.160. The molecular weight excluding hydrogens is 493 g/mol. The van der Waals surface area contributed by atoms with Crippen molar-refractivity contribution < 1.29 is 9.18 Å². The van der Waals surface area contributed by atoms with Gasteiger partial charge < -0.3 is 10.2 Å². The summed E-state index contributed by atoms with van der Waals surface area (Å²) in [7, 11) is 1.88. The Labute approximate surface area is 217 Å². The average molecular weight is 516 g/mol. The van der Waals surface area contributed by atoms with Crippen LogP contribution in [0.3, 0.4) is 0 Å². The molecule has 36 heavy (non-hydrogen) atoms. The highest BCUT2D eigenvalue weighted by molar-refractivity contribution is 8.19. The lowest BCUT2D eigenvalue weighted by molar-refractivity contribution is -0.122. The lowest BCUT2D eigenvalue weighted by Gasteiger charge is -2.17. The van der Waals surface area contributed by atoms with Crippen LogP contribution in [0.4, 0.5) is 21.5 Å².